The minimum atomic E-state index is -0.123. The van der Waals surface area contributed by atoms with Crippen LogP contribution in [0.25, 0.3) is 0 Å². The highest BCUT2D eigenvalue weighted by molar-refractivity contribution is 7.12. The van der Waals surface area contributed by atoms with Gasteiger partial charge in [0, 0.05) is 4.88 Å². The van der Waals surface area contributed by atoms with Crippen molar-refractivity contribution >= 4 is 11.3 Å². The topological polar surface area (TPSA) is 59.0 Å². The van der Waals surface area contributed by atoms with Gasteiger partial charge in [0.1, 0.15) is 17.1 Å². The molecule has 1 aromatic rings. The van der Waals surface area contributed by atoms with Crippen LogP contribution in [0.15, 0.2) is 12.1 Å². The van der Waals surface area contributed by atoms with E-state index >= 15 is 0 Å². The average molecular weight is 168 g/mol. The molecule has 0 saturated carbocycles. The number of nitrogens with two attached hydrogens (primary N) is 1. The molecule has 1 aromatic heterocycles. The summed E-state index contributed by atoms with van der Waals surface area (Å²) in [4.78, 5) is 6.26. The summed E-state index contributed by atoms with van der Waals surface area (Å²) in [5.74, 6) is 4.98. The zero-order valence-corrected chi connectivity index (χ0v) is 6.89. The SMILES string of the molecule is CC(ON)c1ccc(C#N)s1. The fraction of sp³-hybridized carbons (Fsp3) is 0.286. The van der Waals surface area contributed by atoms with Crippen LogP contribution in [0.2, 0.25) is 0 Å². The molecule has 4 heteroatoms. The summed E-state index contributed by atoms with van der Waals surface area (Å²) in [6.45, 7) is 1.84. The second kappa shape index (κ2) is 3.49. The Kier molecular flexibility index (Phi) is 2.60. The molecule has 3 nitrogen and oxygen atoms in total. The summed E-state index contributed by atoms with van der Waals surface area (Å²) in [6.07, 6.45) is -0.123. The molecule has 0 aliphatic carbocycles. The highest BCUT2D eigenvalue weighted by atomic mass is 32.1. The van der Waals surface area contributed by atoms with Crippen LogP contribution in [-0.2, 0) is 4.84 Å². The molecule has 58 valence electrons. The Bertz CT molecular complexity index is 276. The van der Waals surface area contributed by atoms with E-state index in [9.17, 15) is 0 Å². The van der Waals surface area contributed by atoms with E-state index in [1.165, 1.54) is 11.3 Å². The van der Waals surface area contributed by atoms with Crippen LogP contribution < -0.4 is 5.90 Å². The Hall–Kier alpha value is -0.890. The van der Waals surface area contributed by atoms with Gasteiger partial charge in [-0.2, -0.15) is 5.26 Å². The normalized spacial score (nSPS) is 12.5. The molecule has 0 bridgehead atoms. The summed E-state index contributed by atoms with van der Waals surface area (Å²) >= 11 is 1.40. The maximum atomic E-state index is 8.49. The standard InChI is InChI=1S/C7H8N2OS/c1-5(10-9)7-3-2-6(4-8)11-7/h2-3,5H,9H2,1H3. The van der Waals surface area contributed by atoms with Crippen LogP contribution in [0.4, 0.5) is 0 Å². The molecule has 0 aliphatic rings. The van der Waals surface area contributed by atoms with Gasteiger partial charge in [0.25, 0.3) is 0 Å². The maximum Gasteiger partial charge on any atom is 0.110 e. The number of hydrogen-bond acceptors (Lipinski definition) is 4. The smallest absolute Gasteiger partial charge is 0.110 e. The van der Waals surface area contributed by atoms with E-state index in [-0.39, 0.29) is 6.10 Å². The molecule has 2 N–H and O–H groups in total. The first-order chi connectivity index (χ1) is 5.27. The highest BCUT2D eigenvalue weighted by Gasteiger charge is 2.06. The van der Waals surface area contributed by atoms with Crippen molar-refractivity contribution in [2.24, 2.45) is 5.90 Å². The molecule has 0 spiro atoms. The summed E-state index contributed by atoms with van der Waals surface area (Å²) in [5.41, 5.74) is 0. The first kappa shape index (κ1) is 8.21. The van der Waals surface area contributed by atoms with Crippen LogP contribution in [0.3, 0.4) is 0 Å². The molecule has 0 saturated heterocycles. The average Bonchev–Trinajstić information content (AvgIpc) is 2.50. The van der Waals surface area contributed by atoms with Gasteiger partial charge in [0.15, 0.2) is 0 Å². The zero-order chi connectivity index (χ0) is 8.27. The lowest BCUT2D eigenvalue weighted by atomic mass is 10.3. The van der Waals surface area contributed by atoms with Crippen LogP contribution >= 0.6 is 11.3 Å². The summed E-state index contributed by atoms with van der Waals surface area (Å²) in [6, 6.07) is 5.66. The maximum absolute atomic E-state index is 8.49. The molecular formula is C7H8N2OS. The van der Waals surface area contributed by atoms with E-state index in [2.05, 4.69) is 4.84 Å². The molecule has 0 aliphatic heterocycles. The molecule has 1 rings (SSSR count). The minimum absolute atomic E-state index is 0.123. The van der Waals surface area contributed by atoms with Gasteiger partial charge < -0.3 is 0 Å². The van der Waals surface area contributed by atoms with Gasteiger partial charge in [0.2, 0.25) is 0 Å². The van der Waals surface area contributed by atoms with E-state index in [1.54, 1.807) is 6.07 Å². The van der Waals surface area contributed by atoms with Crippen molar-refractivity contribution in [2.75, 3.05) is 0 Å². The third-order valence-electron chi connectivity index (χ3n) is 1.34. The van der Waals surface area contributed by atoms with Crippen LogP contribution in [-0.4, -0.2) is 0 Å². The summed E-state index contributed by atoms with van der Waals surface area (Å²) < 4.78 is 0. The van der Waals surface area contributed by atoms with Gasteiger partial charge in [-0.25, -0.2) is 5.90 Å². The Balaban J connectivity index is 2.82. The molecule has 1 unspecified atom stereocenters. The predicted octanol–water partition coefficient (Wildman–Crippen LogP) is 1.57. The zero-order valence-electron chi connectivity index (χ0n) is 6.07. The third-order valence-corrected chi connectivity index (χ3v) is 2.49. The molecule has 1 atom stereocenters. The predicted molar refractivity (Wildman–Crippen MR) is 42.7 cm³/mol. The van der Waals surface area contributed by atoms with Crippen molar-refractivity contribution in [3.05, 3.63) is 21.9 Å². The Morgan fingerprint density at radius 2 is 2.45 bits per heavy atom. The van der Waals surface area contributed by atoms with Crippen molar-refractivity contribution in [1.29, 1.82) is 5.26 Å². The Morgan fingerprint density at radius 3 is 2.91 bits per heavy atom. The first-order valence-corrected chi connectivity index (χ1v) is 3.95. The van der Waals surface area contributed by atoms with Crippen LogP contribution in [0, 0.1) is 11.3 Å². The quantitative estimate of drug-likeness (QED) is 0.682. The van der Waals surface area contributed by atoms with Crippen molar-refractivity contribution in [1.82, 2.24) is 0 Å². The lowest BCUT2D eigenvalue weighted by Crippen LogP contribution is -2.03. The molecule has 11 heavy (non-hydrogen) atoms. The van der Waals surface area contributed by atoms with Gasteiger partial charge >= 0.3 is 0 Å². The molecule has 1 heterocycles. The van der Waals surface area contributed by atoms with E-state index in [0.717, 1.165) is 4.88 Å². The fourth-order valence-electron chi connectivity index (χ4n) is 0.698. The minimum Gasteiger partial charge on any atom is -0.296 e. The van der Waals surface area contributed by atoms with E-state index < -0.39 is 0 Å². The molecule has 0 fully saturated rings. The van der Waals surface area contributed by atoms with Crippen molar-refractivity contribution < 1.29 is 4.84 Å². The fourth-order valence-corrected chi connectivity index (χ4v) is 1.49. The third kappa shape index (κ3) is 1.77. The lowest BCUT2D eigenvalue weighted by molar-refractivity contribution is 0.0689. The van der Waals surface area contributed by atoms with E-state index in [0.29, 0.717) is 4.88 Å². The molecule has 0 radical (unpaired) electrons. The van der Waals surface area contributed by atoms with Gasteiger partial charge in [-0.15, -0.1) is 11.3 Å². The molecular weight excluding hydrogens is 160 g/mol. The van der Waals surface area contributed by atoms with Gasteiger partial charge in [-0.05, 0) is 19.1 Å². The van der Waals surface area contributed by atoms with E-state index in [4.69, 9.17) is 11.2 Å². The van der Waals surface area contributed by atoms with Crippen molar-refractivity contribution in [2.45, 2.75) is 13.0 Å². The molecule has 0 aromatic carbocycles. The number of nitriles is 1. The first-order valence-electron chi connectivity index (χ1n) is 3.13. The highest BCUT2D eigenvalue weighted by Crippen LogP contribution is 2.23. The van der Waals surface area contributed by atoms with Gasteiger partial charge in [-0.1, -0.05) is 0 Å². The van der Waals surface area contributed by atoms with E-state index in [1.807, 2.05) is 19.1 Å². The Morgan fingerprint density at radius 1 is 1.73 bits per heavy atom. The second-order valence-corrected chi connectivity index (χ2v) is 3.21. The Labute approximate surface area is 69.0 Å². The van der Waals surface area contributed by atoms with Gasteiger partial charge in [-0.3, -0.25) is 4.84 Å². The number of thiophene rings is 1. The van der Waals surface area contributed by atoms with Crippen LogP contribution in [0.5, 0.6) is 0 Å². The number of hydrogen-bond donors (Lipinski definition) is 1. The van der Waals surface area contributed by atoms with Crippen molar-refractivity contribution in [3.8, 4) is 6.07 Å². The van der Waals surface area contributed by atoms with Crippen molar-refractivity contribution in [3.63, 3.8) is 0 Å². The number of nitrogens with zero attached hydrogens (tertiary/aromatic N) is 1. The van der Waals surface area contributed by atoms with Crippen LogP contribution in [0.1, 0.15) is 22.8 Å². The number of rotatable bonds is 2. The summed E-state index contributed by atoms with van der Waals surface area (Å²) in [7, 11) is 0. The van der Waals surface area contributed by atoms with Gasteiger partial charge in [0.05, 0.1) is 0 Å². The second-order valence-electron chi connectivity index (χ2n) is 2.09. The molecule has 0 amide bonds. The lowest BCUT2D eigenvalue weighted by Gasteiger charge is -2.03. The largest absolute Gasteiger partial charge is 0.296 e. The monoisotopic (exact) mass is 168 g/mol. The summed E-state index contributed by atoms with van der Waals surface area (Å²) in [5, 5.41) is 8.49.